The fourth-order valence-corrected chi connectivity index (χ4v) is 2.20. The van der Waals surface area contributed by atoms with Crippen molar-refractivity contribution in [3.63, 3.8) is 0 Å². The molecule has 0 spiro atoms. The van der Waals surface area contributed by atoms with E-state index in [0.29, 0.717) is 12.1 Å². The third-order valence-corrected chi connectivity index (χ3v) is 3.56. The van der Waals surface area contributed by atoms with Gasteiger partial charge in [-0.3, -0.25) is 0 Å². The largest absolute Gasteiger partial charge is 0.486 e. The number of nitrogens with zero attached hydrogens (tertiary/aromatic N) is 2. The summed E-state index contributed by atoms with van der Waals surface area (Å²) >= 11 is 0. The van der Waals surface area contributed by atoms with Crippen LogP contribution in [0.4, 0.5) is 9.18 Å². The smallest absolute Gasteiger partial charge is 0.317 e. The van der Waals surface area contributed by atoms with E-state index in [0.717, 1.165) is 5.56 Å². The van der Waals surface area contributed by atoms with Crippen molar-refractivity contribution in [2.24, 2.45) is 0 Å². The third-order valence-electron chi connectivity index (χ3n) is 3.56. The van der Waals surface area contributed by atoms with Crippen molar-refractivity contribution in [2.75, 3.05) is 13.6 Å². The average Bonchev–Trinajstić information content (AvgIpc) is 2.62. The molecule has 0 aromatic heterocycles. The second kappa shape index (κ2) is 8.69. The molecule has 6 heteroatoms. The Morgan fingerprint density at radius 2 is 1.96 bits per heavy atom. The molecular formula is C19H20FN3O2. The number of para-hydroxylation sites is 1. The molecule has 2 amide bonds. The average molecular weight is 341 g/mol. The number of urea groups is 1. The van der Waals surface area contributed by atoms with Crippen LogP contribution in [0, 0.1) is 17.1 Å². The van der Waals surface area contributed by atoms with Crippen LogP contribution in [0.25, 0.3) is 0 Å². The number of hydrogen-bond donors (Lipinski definition) is 1. The molecule has 1 atom stereocenters. The van der Waals surface area contributed by atoms with Crippen LogP contribution >= 0.6 is 0 Å². The minimum atomic E-state index is -0.432. The Morgan fingerprint density at radius 1 is 1.28 bits per heavy atom. The standard InChI is InChI=1S/C19H20FN3O2/c1-14(25-18-6-4-3-5-17(18)20)12-22-19(24)23(2)13-16-9-7-15(11-21)8-10-16/h3-10,14H,12-13H2,1-2H3,(H,22,24)/t14-/m1/s1. The highest BCUT2D eigenvalue weighted by Crippen LogP contribution is 2.16. The Hall–Kier alpha value is -3.07. The quantitative estimate of drug-likeness (QED) is 0.877. The molecule has 0 unspecified atom stereocenters. The molecule has 0 bridgehead atoms. The number of amides is 2. The maximum Gasteiger partial charge on any atom is 0.317 e. The number of hydrogen-bond acceptors (Lipinski definition) is 3. The van der Waals surface area contributed by atoms with Crippen molar-refractivity contribution in [1.29, 1.82) is 5.26 Å². The minimum Gasteiger partial charge on any atom is -0.486 e. The molecule has 0 aliphatic carbocycles. The van der Waals surface area contributed by atoms with E-state index < -0.39 is 5.82 Å². The minimum absolute atomic E-state index is 0.162. The van der Waals surface area contributed by atoms with Crippen LogP contribution in [0.15, 0.2) is 48.5 Å². The molecule has 0 heterocycles. The van der Waals surface area contributed by atoms with Crippen LogP contribution in [0.2, 0.25) is 0 Å². The van der Waals surface area contributed by atoms with Crippen LogP contribution in [0.5, 0.6) is 5.75 Å². The van der Waals surface area contributed by atoms with Gasteiger partial charge in [-0.2, -0.15) is 5.26 Å². The first kappa shape index (κ1) is 18.3. The molecule has 2 aromatic rings. The SMILES string of the molecule is C[C@H](CNC(=O)N(C)Cc1ccc(C#N)cc1)Oc1ccccc1F. The number of carbonyl (C=O) groups is 1. The molecule has 0 saturated carbocycles. The van der Waals surface area contributed by atoms with E-state index in [1.807, 2.05) is 12.1 Å². The molecule has 0 radical (unpaired) electrons. The lowest BCUT2D eigenvalue weighted by atomic mass is 10.1. The monoisotopic (exact) mass is 341 g/mol. The molecule has 0 aliphatic rings. The zero-order chi connectivity index (χ0) is 18.2. The number of nitrogens with one attached hydrogen (secondary N) is 1. The van der Waals surface area contributed by atoms with Gasteiger partial charge in [-0.15, -0.1) is 0 Å². The number of nitriles is 1. The first-order valence-electron chi connectivity index (χ1n) is 7.89. The van der Waals surface area contributed by atoms with Gasteiger partial charge in [0.15, 0.2) is 11.6 Å². The van der Waals surface area contributed by atoms with Crippen molar-refractivity contribution < 1.29 is 13.9 Å². The van der Waals surface area contributed by atoms with E-state index in [2.05, 4.69) is 11.4 Å². The van der Waals surface area contributed by atoms with Gasteiger partial charge in [0, 0.05) is 13.6 Å². The Balaban J connectivity index is 1.80. The fraction of sp³-hybridized carbons (Fsp3) is 0.263. The lowest BCUT2D eigenvalue weighted by Crippen LogP contribution is -2.41. The molecule has 2 aromatic carbocycles. The number of carbonyl (C=O) groups excluding carboxylic acids is 1. The Labute approximate surface area is 146 Å². The van der Waals surface area contributed by atoms with Crippen molar-refractivity contribution >= 4 is 6.03 Å². The normalized spacial score (nSPS) is 11.3. The van der Waals surface area contributed by atoms with Gasteiger partial charge in [0.25, 0.3) is 0 Å². The molecule has 1 N–H and O–H groups in total. The van der Waals surface area contributed by atoms with Gasteiger partial charge in [0.2, 0.25) is 0 Å². The maximum atomic E-state index is 13.5. The summed E-state index contributed by atoms with van der Waals surface area (Å²) in [7, 11) is 1.68. The van der Waals surface area contributed by atoms with Crippen LogP contribution < -0.4 is 10.1 Å². The summed E-state index contributed by atoms with van der Waals surface area (Å²) in [5.41, 5.74) is 1.50. The second-order valence-electron chi connectivity index (χ2n) is 5.71. The Bertz CT molecular complexity index is 756. The van der Waals surface area contributed by atoms with Gasteiger partial charge >= 0.3 is 6.03 Å². The highest BCUT2D eigenvalue weighted by atomic mass is 19.1. The summed E-state index contributed by atoms with van der Waals surface area (Å²) in [6.45, 7) is 2.43. The van der Waals surface area contributed by atoms with E-state index in [1.54, 1.807) is 44.3 Å². The summed E-state index contributed by atoms with van der Waals surface area (Å²) in [5.74, 6) is -0.270. The zero-order valence-electron chi connectivity index (χ0n) is 14.2. The van der Waals surface area contributed by atoms with Crippen molar-refractivity contribution in [1.82, 2.24) is 10.2 Å². The Morgan fingerprint density at radius 3 is 2.60 bits per heavy atom. The predicted molar refractivity (Wildman–Crippen MR) is 92.5 cm³/mol. The number of halogens is 1. The van der Waals surface area contributed by atoms with Gasteiger partial charge in [0.1, 0.15) is 6.10 Å². The van der Waals surface area contributed by atoms with E-state index in [-0.39, 0.29) is 24.4 Å². The van der Waals surface area contributed by atoms with E-state index >= 15 is 0 Å². The van der Waals surface area contributed by atoms with Gasteiger partial charge in [-0.25, -0.2) is 9.18 Å². The lowest BCUT2D eigenvalue weighted by Gasteiger charge is -2.20. The van der Waals surface area contributed by atoms with Crippen LogP contribution in [0.1, 0.15) is 18.1 Å². The molecule has 0 saturated heterocycles. The first-order chi connectivity index (χ1) is 12.0. The topological polar surface area (TPSA) is 65.4 Å². The maximum absolute atomic E-state index is 13.5. The van der Waals surface area contributed by atoms with E-state index in [4.69, 9.17) is 10.00 Å². The van der Waals surface area contributed by atoms with E-state index in [1.165, 1.54) is 11.0 Å². The van der Waals surface area contributed by atoms with Gasteiger partial charge < -0.3 is 15.0 Å². The molecule has 0 fully saturated rings. The number of benzene rings is 2. The molecule has 5 nitrogen and oxygen atoms in total. The van der Waals surface area contributed by atoms with Gasteiger partial charge in [-0.1, -0.05) is 24.3 Å². The molecule has 0 aliphatic heterocycles. The van der Waals surface area contributed by atoms with Crippen molar-refractivity contribution in [3.8, 4) is 11.8 Å². The molecule has 25 heavy (non-hydrogen) atoms. The van der Waals surface area contributed by atoms with Crippen LogP contribution in [-0.4, -0.2) is 30.6 Å². The van der Waals surface area contributed by atoms with Crippen molar-refractivity contribution in [3.05, 3.63) is 65.5 Å². The highest BCUT2D eigenvalue weighted by molar-refractivity contribution is 5.73. The summed E-state index contributed by atoms with van der Waals surface area (Å²) in [4.78, 5) is 13.7. The molecular weight excluding hydrogens is 321 g/mol. The summed E-state index contributed by atoms with van der Waals surface area (Å²) in [6.07, 6.45) is -0.371. The lowest BCUT2D eigenvalue weighted by molar-refractivity contribution is 0.185. The number of rotatable bonds is 6. The van der Waals surface area contributed by atoms with Gasteiger partial charge in [0.05, 0.1) is 18.2 Å². The Kier molecular flexibility index (Phi) is 6.35. The molecule has 2 rings (SSSR count). The number of ether oxygens (including phenoxy) is 1. The summed E-state index contributed by atoms with van der Waals surface area (Å²) in [5, 5.41) is 11.5. The first-order valence-corrected chi connectivity index (χ1v) is 7.89. The van der Waals surface area contributed by atoms with Crippen LogP contribution in [0.3, 0.4) is 0 Å². The zero-order valence-corrected chi connectivity index (χ0v) is 14.2. The third kappa shape index (κ3) is 5.50. The highest BCUT2D eigenvalue weighted by Gasteiger charge is 2.12. The summed E-state index contributed by atoms with van der Waals surface area (Å²) < 4.78 is 19.0. The van der Waals surface area contributed by atoms with Crippen LogP contribution in [-0.2, 0) is 6.54 Å². The predicted octanol–water partition coefficient (Wildman–Crippen LogP) is 3.31. The van der Waals surface area contributed by atoms with Gasteiger partial charge in [-0.05, 0) is 36.8 Å². The fourth-order valence-electron chi connectivity index (χ4n) is 2.20. The summed E-state index contributed by atoms with van der Waals surface area (Å²) in [6, 6.07) is 15.0. The second-order valence-corrected chi connectivity index (χ2v) is 5.71. The van der Waals surface area contributed by atoms with Crippen molar-refractivity contribution in [2.45, 2.75) is 19.6 Å². The molecule has 130 valence electrons. The van der Waals surface area contributed by atoms with E-state index in [9.17, 15) is 9.18 Å².